The van der Waals surface area contributed by atoms with Crippen molar-refractivity contribution < 1.29 is 9.18 Å². The number of nitrogens with zero attached hydrogens (tertiary/aromatic N) is 1. The third-order valence-electron chi connectivity index (χ3n) is 1.69. The van der Waals surface area contributed by atoms with Crippen molar-refractivity contribution in [2.75, 3.05) is 18.9 Å². The smallest absolute Gasteiger partial charge is 0.221 e. The Morgan fingerprint density at radius 3 is 3.07 bits per heavy atom. The molecule has 1 heterocycles. The second kappa shape index (κ2) is 5.16. The molecule has 1 rings (SSSR count). The molecule has 0 aromatic carbocycles. The summed E-state index contributed by atoms with van der Waals surface area (Å²) in [6.45, 7) is 0.475. The van der Waals surface area contributed by atoms with Gasteiger partial charge in [-0.1, -0.05) is 0 Å². The van der Waals surface area contributed by atoms with Gasteiger partial charge in [0.05, 0.1) is 0 Å². The van der Waals surface area contributed by atoms with Gasteiger partial charge in [0.2, 0.25) is 11.9 Å². The van der Waals surface area contributed by atoms with Gasteiger partial charge in [0, 0.05) is 38.0 Å². The lowest BCUT2D eigenvalue weighted by atomic mass is 10.3. The molecule has 1 amide bonds. The van der Waals surface area contributed by atoms with E-state index in [1.807, 2.05) is 0 Å². The minimum absolute atomic E-state index is 0.0490. The predicted octanol–water partition coefficient (Wildman–Crippen LogP) is 0.769. The summed E-state index contributed by atoms with van der Waals surface area (Å²) in [6, 6.07) is 2.93. The molecule has 0 aliphatic heterocycles. The Labute approximate surface area is 81.5 Å². The lowest BCUT2D eigenvalue weighted by Crippen LogP contribution is -2.20. The molecule has 2 N–H and O–H groups in total. The molecule has 0 radical (unpaired) electrons. The topological polar surface area (TPSA) is 54.0 Å². The van der Waals surface area contributed by atoms with Gasteiger partial charge in [0.15, 0.2) is 0 Å². The van der Waals surface area contributed by atoms with E-state index in [1.54, 1.807) is 13.1 Å². The van der Waals surface area contributed by atoms with Crippen molar-refractivity contribution in [2.24, 2.45) is 0 Å². The summed E-state index contributed by atoms with van der Waals surface area (Å²) >= 11 is 0. The summed E-state index contributed by atoms with van der Waals surface area (Å²) in [6.07, 6.45) is 1.73. The highest BCUT2D eigenvalue weighted by Crippen LogP contribution is 2.05. The molecule has 14 heavy (non-hydrogen) atoms. The van der Waals surface area contributed by atoms with E-state index in [4.69, 9.17) is 0 Å². The van der Waals surface area contributed by atoms with Crippen LogP contribution in [0.5, 0.6) is 0 Å². The Morgan fingerprint density at radius 2 is 2.43 bits per heavy atom. The van der Waals surface area contributed by atoms with Gasteiger partial charge in [0.1, 0.15) is 0 Å². The number of carbonyl (C=O) groups excluding carboxylic acids is 1. The van der Waals surface area contributed by atoms with Crippen molar-refractivity contribution in [1.82, 2.24) is 10.3 Å². The molecule has 5 heteroatoms. The molecule has 0 atom stereocenters. The molecule has 0 fully saturated rings. The van der Waals surface area contributed by atoms with Crippen molar-refractivity contribution in [1.29, 1.82) is 0 Å². The Balaban J connectivity index is 2.35. The molecule has 0 spiro atoms. The quantitative estimate of drug-likeness (QED) is 0.701. The molecule has 0 saturated carbocycles. The van der Waals surface area contributed by atoms with Crippen LogP contribution in [0.1, 0.15) is 6.42 Å². The summed E-state index contributed by atoms with van der Waals surface area (Å²) < 4.78 is 12.6. The van der Waals surface area contributed by atoms with Crippen molar-refractivity contribution in [3.05, 3.63) is 24.3 Å². The van der Waals surface area contributed by atoms with Gasteiger partial charge < -0.3 is 10.6 Å². The summed E-state index contributed by atoms with van der Waals surface area (Å²) in [7, 11) is 1.58. The molecule has 1 aromatic rings. The van der Waals surface area contributed by atoms with Crippen LogP contribution < -0.4 is 10.6 Å². The first-order valence-corrected chi connectivity index (χ1v) is 4.28. The number of aromatic nitrogens is 1. The maximum atomic E-state index is 12.6. The first-order chi connectivity index (χ1) is 6.72. The maximum absolute atomic E-state index is 12.6. The van der Waals surface area contributed by atoms with Crippen LogP contribution in [0.3, 0.4) is 0 Å². The molecular weight excluding hydrogens is 185 g/mol. The zero-order valence-electron chi connectivity index (χ0n) is 7.88. The van der Waals surface area contributed by atoms with E-state index in [-0.39, 0.29) is 5.91 Å². The largest absolute Gasteiger partial charge is 0.384 e. The monoisotopic (exact) mass is 197 g/mol. The van der Waals surface area contributed by atoms with Gasteiger partial charge in [-0.05, 0) is 6.07 Å². The molecule has 4 nitrogen and oxygen atoms in total. The van der Waals surface area contributed by atoms with Crippen LogP contribution in [0.25, 0.3) is 0 Å². The number of halogens is 1. The number of rotatable bonds is 4. The average Bonchev–Trinajstić information content (AvgIpc) is 2.17. The zero-order valence-corrected chi connectivity index (χ0v) is 7.88. The summed E-state index contributed by atoms with van der Waals surface area (Å²) in [5, 5.41) is 5.41. The second-order valence-corrected chi connectivity index (χ2v) is 2.72. The Hall–Kier alpha value is -1.65. The average molecular weight is 197 g/mol. The molecule has 0 aliphatic rings. The Morgan fingerprint density at radius 1 is 1.64 bits per heavy atom. The maximum Gasteiger partial charge on any atom is 0.221 e. The first-order valence-electron chi connectivity index (χ1n) is 4.28. The predicted molar refractivity (Wildman–Crippen MR) is 51.4 cm³/mol. The molecule has 0 unspecified atom stereocenters. The number of hydrogen-bond donors (Lipinski definition) is 2. The van der Waals surface area contributed by atoms with Gasteiger partial charge in [-0.2, -0.15) is 4.39 Å². The number of hydrogen-bond acceptors (Lipinski definition) is 3. The van der Waals surface area contributed by atoms with Crippen molar-refractivity contribution in [2.45, 2.75) is 6.42 Å². The van der Waals surface area contributed by atoms with Crippen LogP contribution in [-0.4, -0.2) is 24.5 Å². The highest BCUT2D eigenvalue weighted by molar-refractivity contribution is 5.76. The van der Waals surface area contributed by atoms with Crippen molar-refractivity contribution >= 4 is 11.6 Å². The highest BCUT2D eigenvalue weighted by atomic mass is 19.1. The third kappa shape index (κ3) is 3.38. The van der Waals surface area contributed by atoms with Crippen LogP contribution in [0, 0.1) is 5.95 Å². The molecule has 0 bridgehead atoms. The Kier molecular flexibility index (Phi) is 3.84. The Bertz CT molecular complexity index is 317. The van der Waals surface area contributed by atoms with E-state index in [2.05, 4.69) is 15.6 Å². The molecule has 76 valence electrons. The fourth-order valence-corrected chi connectivity index (χ4v) is 0.958. The van der Waals surface area contributed by atoms with E-state index in [0.717, 1.165) is 0 Å². The van der Waals surface area contributed by atoms with E-state index < -0.39 is 5.95 Å². The van der Waals surface area contributed by atoms with E-state index in [9.17, 15) is 9.18 Å². The molecule has 1 aromatic heterocycles. The van der Waals surface area contributed by atoms with E-state index in [1.165, 1.54) is 12.3 Å². The van der Waals surface area contributed by atoms with Gasteiger partial charge in [0.25, 0.3) is 0 Å². The molecule has 0 aliphatic carbocycles. The van der Waals surface area contributed by atoms with E-state index in [0.29, 0.717) is 18.7 Å². The van der Waals surface area contributed by atoms with Crippen molar-refractivity contribution in [3.63, 3.8) is 0 Å². The normalized spacial score (nSPS) is 9.57. The standard InChI is InChI=1S/C9H12FN3O/c1-11-9(14)3-5-12-7-2-4-13-8(10)6-7/h2,4,6H,3,5H2,1H3,(H,11,14)(H,12,13). The molecular formula is C9H12FN3O. The second-order valence-electron chi connectivity index (χ2n) is 2.72. The van der Waals surface area contributed by atoms with Crippen LogP contribution in [0.15, 0.2) is 18.3 Å². The van der Waals surface area contributed by atoms with Gasteiger partial charge in [-0.15, -0.1) is 0 Å². The summed E-state index contributed by atoms with van der Waals surface area (Å²) in [4.78, 5) is 14.2. The summed E-state index contributed by atoms with van der Waals surface area (Å²) in [5.74, 6) is -0.582. The number of anilines is 1. The van der Waals surface area contributed by atoms with Crippen LogP contribution >= 0.6 is 0 Å². The zero-order chi connectivity index (χ0) is 10.4. The van der Waals surface area contributed by atoms with Crippen LogP contribution in [0.4, 0.5) is 10.1 Å². The number of amides is 1. The van der Waals surface area contributed by atoms with Gasteiger partial charge >= 0.3 is 0 Å². The minimum Gasteiger partial charge on any atom is -0.384 e. The lowest BCUT2D eigenvalue weighted by molar-refractivity contribution is -0.120. The number of nitrogens with one attached hydrogen (secondary N) is 2. The lowest BCUT2D eigenvalue weighted by Gasteiger charge is -2.04. The number of pyridine rings is 1. The number of carbonyl (C=O) groups is 1. The fraction of sp³-hybridized carbons (Fsp3) is 0.333. The first kappa shape index (κ1) is 10.4. The van der Waals surface area contributed by atoms with Gasteiger partial charge in [-0.25, -0.2) is 4.98 Å². The van der Waals surface area contributed by atoms with Crippen molar-refractivity contribution in [3.8, 4) is 0 Å². The van der Waals surface area contributed by atoms with E-state index >= 15 is 0 Å². The third-order valence-corrected chi connectivity index (χ3v) is 1.69. The van der Waals surface area contributed by atoms with Crippen LogP contribution in [-0.2, 0) is 4.79 Å². The SMILES string of the molecule is CNC(=O)CCNc1ccnc(F)c1. The fourth-order valence-electron chi connectivity index (χ4n) is 0.958. The highest BCUT2D eigenvalue weighted by Gasteiger charge is 1.98. The van der Waals surface area contributed by atoms with Crippen LogP contribution in [0.2, 0.25) is 0 Å². The summed E-state index contributed by atoms with van der Waals surface area (Å²) in [5.41, 5.74) is 0.626. The van der Waals surface area contributed by atoms with Gasteiger partial charge in [-0.3, -0.25) is 4.79 Å². The molecule has 0 saturated heterocycles. The minimum atomic E-state index is -0.532.